The number of fused-ring (bicyclic) bond motifs is 1. The van der Waals surface area contributed by atoms with Crippen LogP contribution in [-0.4, -0.2) is 35.7 Å². The Morgan fingerprint density at radius 2 is 1.65 bits per heavy atom. The van der Waals surface area contributed by atoms with Crippen LogP contribution in [0, 0.1) is 29.1 Å². The highest BCUT2D eigenvalue weighted by Gasteiger charge is 2.63. The summed E-state index contributed by atoms with van der Waals surface area (Å²) in [7, 11) is 1.61. The van der Waals surface area contributed by atoms with Crippen LogP contribution in [0.15, 0.2) is 42.0 Å². The lowest BCUT2D eigenvalue weighted by Crippen LogP contribution is -2.59. The molecule has 6 nitrogen and oxygen atoms in total. The number of piperidine rings is 1. The number of amides is 3. The van der Waals surface area contributed by atoms with Crippen molar-refractivity contribution >= 4 is 23.4 Å². The number of para-hydroxylation sites is 1. The first-order chi connectivity index (χ1) is 11.1. The van der Waals surface area contributed by atoms with E-state index in [1.165, 1.54) is 4.90 Å². The van der Waals surface area contributed by atoms with Gasteiger partial charge in [0, 0.05) is 12.6 Å². The lowest BCUT2D eigenvalue weighted by atomic mass is 9.66. The third kappa shape index (κ3) is 1.59. The fourth-order valence-electron chi connectivity index (χ4n) is 3.95. The second kappa shape index (κ2) is 4.53. The summed E-state index contributed by atoms with van der Waals surface area (Å²) in [5, 5.41) is 9.27. The maximum absolute atomic E-state index is 12.9. The number of hydrogen-bond acceptors (Lipinski definition) is 4. The molecule has 3 heterocycles. The average molecular weight is 307 g/mol. The highest BCUT2D eigenvalue weighted by Crippen LogP contribution is 2.48. The van der Waals surface area contributed by atoms with E-state index < -0.39 is 23.8 Å². The van der Waals surface area contributed by atoms with Crippen molar-refractivity contribution in [1.82, 2.24) is 4.90 Å². The molecule has 3 aliphatic heterocycles. The number of likely N-dealkylation sites (N-methyl/N-ethyl adjacent to an activating group) is 1. The molecule has 3 amide bonds. The van der Waals surface area contributed by atoms with Crippen molar-refractivity contribution in [2.45, 2.75) is 6.04 Å². The molecule has 0 radical (unpaired) electrons. The molecular weight excluding hydrogens is 294 g/mol. The Labute approximate surface area is 132 Å². The quantitative estimate of drug-likeness (QED) is 0.716. The predicted molar refractivity (Wildman–Crippen MR) is 79.7 cm³/mol. The minimum absolute atomic E-state index is 0.258. The normalized spacial score (nSPS) is 32.0. The number of imide groups is 1. The number of nitrogens with zero attached hydrogens (tertiary/aromatic N) is 3. The van der Waals surface area contributed by atoms with Gasteiger partial charge < -0.3 is 4.90 Å². The summed E-state index contributed by atoms with van der Waals surface area (Å²) < 4.78 is 0. The topological polar surface area (TPSA) is 81.5 Å². The lowest BCUT2D eigenvalue weighted by Gasteiger charge is -2.45. The molecule has 2 saturated heterocycles. The molecule has 1 aromatic rings. The second-order valence-electron chi connectivity index (χ2n) is 6.05. The van der Waals surface area contributed by atoms with Crippen molar-refractivity contribution in [1.29, 1.82) is 5.26 Å². The van der Waals surface area contributed by atoms with Gasteiger partial charge in [0.15, 0.2) is 0 Å². The van der Waals surface area contributed by atoms with Gasteiger partial charge in [0.25, 0.3) is 0 Å². The van der Waals surface area contributed by atoms with Gasteiger partial charge in [-0.2, -0.15) is 5.26 Å². The van der Waals surface area contributed by atoms with E-state index in [0.29, 0.717) is 11.3 Å². The first kappa shape index (κ1) is 13.7. The summed E-state index contributed by atoms with van der Waals surface area (Å²) in [6.45, 7) is 0. The molecule has 2 fully saturated rings. The Kier molecular flexibility index (Phi) is 2.70. The number of nitriles is 1. The molecule has 23 heavy (non-hydrogen) atoms. The molecule has 0 spiro atoms. The second-order valence-corrected chi connectivity index (χ2v) is 6.05. The van der Waals surface area contributed by atoms with Crippen LogP contribution in [0.4, 0.5) is 5.69 Å². The number of anilines is 1. The average Bonchev–Trinajstić information content (AvgIpc) is 2.84. The van der Waals surface area contributed by atoms with Gasteiger partial charge in [-0.15, -0.1) is 0 Å². The molecule has 114 valence electrons. The van der Waals surface area contributed by atoms with Gasteiger partial charge in [0.1, 0.15) is 0 Å². The van der Waals surface area contributed by atoms with Gasteiger partial charge >= 0.3 is 0 Å². The fourth-order valence-corrected chi connectivity index (χ4v) is 3.95. The van der Waals surface area contributed by atoms with E-state index in [-0.39, 0.29) is 17.7 Å². The van der Waals surface area contributed by atoms with Crippen molar-refractivity contribution < 1.29 is 14.4 Å². The molecule has 0 N–H and O–H groups in total. The minimum atomic E-state index is -0.842. The van der Waals surface area contributed by atoms with Crippen LogP contribution in [-0.2, 0) is 14.4 Å². The van der Waals surface area contributed by atoms with E-state index in [9.17, 15) is 19.6 Å². The van der Waals surface area contributed by atoms with Crippen LogP contribution in [0.3, 0.4) is 0 Å². The smallest absolute Gasteiger partial charge is 0.240 e. The fraction of sp³-hybridized carbons (Fsp3) is 0.294. The summed E-state index contributed by atoms with van der Waals surface area (Å²) in [4.78, 5) is 40.8. The maximum atomic E-state index is 12.9. The minimum Gasteiger partial charge on any atom is -0.338 e. The largest absolute Gasteiger partial charge is 0.338 e. The Balaban J connectivity index is 1.84. The van der Waals surface area contributed by atoms with Gasteiger partial charge in [0.05, 0.1) is 35.6 Å². The Morgan fingerprint density at radius 3 is 2.30 bits per heavy atom. The van der Waals surface area contributed by atoms with Crippen LogP contribution in [0.1, 0.15) is 0 Å². The third-order valence-corrected chi connectivity index (χ3v) is 5.01. The SMILES string of the molecule is CN1C(=O)[C@@H]2C(C#N)=C[C@H]1[C@H]1C(=O)N(c3ccccc3)C(=O)[C@@H]21. The Morgan fingerprint density at radius 1 is 1.00 bits per heavy atom. The maximum Gasteiger partial charge on any atom is 0.240 e. The van der Waals surface area contributed by atoms with E-state index in [2.05, 4.69) is 0 Å². The summed E-state index contributed by atoms with van der Waals surface area (Å²) >= 11 is 0. The molecule has 6 heteroatoms. The molecule has 4 aliphatic rings. The highest BCUT2D eigenvalue weighted by molar-refractivity contribution is 6.24. The molecule has 0 unspecified atom stereocenters. The molecule has 0 aromatic heterocycles. The number of hydrogen-bond donors (Lipinski definition) is 0. The zero-order valence-electron chi connectivity index (χ0n) is 12.3. The van der Waals surface area contributed by atoms with Gasteiger partial charge in [0.2, 0.25) is 17.7 Å². The summed E-state index contributed by atoms with van der Waals surface area (Å²) in [5.41, 5.74) is 0.806. The van der Waals surface area contributed by atoms with E-state index >= 15 is 0 Å². The number of rotatable bonds is 1. The molecule has 1 aromatic carbocycles. The third-order valence-electron chi connectivity index (χ3n) is 5.01. The van der Waals surface area contributed by atoms with Crippen molar-refractivity contribution in [3.8, 4) is 6.07 Å². The Hall–Kier alpha value is -2.94. The van der Waals surface area contributed by atoms with Gasteiger partial charge in [-0.05, 0) is 18.2 Å². The predicted octanol–water partition coefficient (Wildman–Crippen LogP) is 0.713. The summed E-state index contributed by atoms with van der Waals surface area (Å²) in [6.07, 6.45) is 1.66. The molecule has 4 atom stereocenters. The molecule has 1 aliphatic carbocycles. The molecule has 0 saturated carbocycles. The number of carbonyl (C=O) groups excluding carboxylic acids is 3. The van der Waals surface area contributed by atoms with Crippen molar-refractivity contribution in [3.63, 3.8) is 0 Å². The molecule has 5 rings (SSSR count). The number of carbonyl (C=O) groups is 3. The molecular formula is C17H13N3O3. The monoisotopic (exact) mass is 307 g/mol. The van der Waals surface area contributed by atoms with Crippen LogP contribution < -0.4 is 4.90 Å². The van der Waals surface area contributed by atoms with E-state index in [1.54, 1.807) is 43.5 Å². The van der Waals surface area contributed by atoms with Crippen molar-refractivity contribution in [3.05, 3.63) is 42.0 Å². The van der Waals surface area contributed by atoms with Crippen LogP contribution >= 0.6 is 0 Å². The summed E-state index contributed by atoms with van der Waals surface area (Å²) in [5.74, 6) is -3.16. The van der Waals surface area contributed by atoms with Crippen LogP contribution in [0.5, 0.6) is 0 Å². The van der Waals surface area contributed by atoms with E-state index in [0.717, 1.165) is 4.90 Å². The van der Waals surface area contributed by atoms with Gasteiger partial charge in [-0.1, -0.05) is 18.2 Å². The van der Waals surface area contributed by atoms with Crippen molar-refractivity contribution in [2.24, 2.45) is 17.8 Å². The van der Waals surface area contributed by atoms with Crippen LogP contribution in [0.25, 0.3) is 0 Å². The lowest BCUT2D eigenvalue weighted by molar-refractivity contribution is -0.149. The molecule has 2 bridgehead atoms. The van der Waals surface area contributed by atoms with Gasteiger partial charge in [-0.25, -0.2) is 4.90 Å². The van der Waals surface area contributed by atoms with Gasteiger partial charge in [-0.3, -0.25) is 14.4 Å². The number of benzene rings is 1. The first-order valence-electron chi connectivity index (χ1n) is 7.37. The first-order valence-corrected chi connectivity index (χ1v) is 7.37. The highest BCUT2D eigenvalue weighted by atomic mass is 16.2. The van der Waals surface area contributed by atoms with Crippen molar-refractivity contribution in [2.75, 3.05) is 11.9 Å². The summed E-state index contributed by atoms with van der Waals surface area (Å²) in [6, 6.07) is 10.2. The Bertz CT molecular complexity index is 808. The van der Waals surface area contributed by atoms with E-state index in [1.807, 2.05) is 6.07 Å². The zero-order valence-corrected chi connectivity index (χ0v) is 12.3. The standard InChI is InChI=1S/C17H13N3O3/c1-19-11-7-9(8-18)12(15(19)21)14-13(11)16(22)20(17(14)23)10-5-3-2-4-6-10/h2-7,11-14H,1H3/t11-,12+,13+,14-/m0/s1. The zero-order chi connectivity index (χ0) is 16.3. The van der Waals surface area contributed by atoms with Crippen LogP contribution in [0.2, 0.25) is 0 Å². The van der Waals surface area contributed by atoms with E-state index in [4.69, 9.17) is 0 Å².